The molecule has 0 bridgehead atoms. The lowest BCUT2D eigenvalue weighted by Gasteiger charge is -2.27. The number of rotatable bonds is 11. The summed E-state index contributed by atoms with van der Waals surface area (Å²) in [6, 6.07) is 12.1. The Bertz CT molecular complexity index is 929. The number of aromatic nitrogens is 1. The van der Waals surface area contributed by atoms with Crippen molar-refractivity contribution in [2.45, 2.75) is 76.9 Å². The van der Waals surface area contributed by atoms with Gasteiger partial charge in [0, 0.05) is 36.6 Å². The number of fused-ring (bicyclic) bond motifs is 1. The molecule has 1 aromatic heterocycles. The number of aryl methyl sites for hydroxylation is 3. The fourth-order valence-corrected chi connectivity index (χ4v) is 5.29. The van der Waals surface area contributed by atoms with Crippen molar-refractivity contribution < 1.29 is 14.3 Å². The van der Waals surface area contributed by atoms with Gasteiger partial charge in [0.2, 0.25) is 0 Å². The minimum atomic E-state index is -0.265. The molecule has 0 unspecified atom stereocenters. The van der Waals surface area contributed by atoms with Crippen molar-refractivity contribution in [3.63, 3.8) is 0 Å². The van der Waals surface area contributed by atoms with Gasteiger partial charge in [0.05, 0.1) is 19.3 Å². The van der Waals surface area contributed by atoms with Crippen LogP contribution in [0.4, 0.5) is 0 Å². The molecule has 2 heterocycles. The van der Waals surface area contributed by atoms with E-state index in [-0.39, 0.29) is 17.9 Å². The number of hydrogen-bond acceptors (Lipinski definition) is 5. The topological polar surface area (TPSA) is 51.7 Å². The van der Waals surface area contributed by atoms with Crippen LogP contribution in [-0.2, 0) is 28.8 Å². The molecule has 33 heavy (non-hydrogen) atoms. The molecule has 0 radical (unpaired) electrons. The summed E-state index contributed by atoms with van der Waals surface area (Å²) in [5.41, 5.74) is 4.99. The van der Waals surface area contributed by atoms with Gasteiger partial charge in [0.1, 0.15) is 5.75 Å². The number of ketones is 1. The standard InChI is InChI=1S/C28H38N2O3/c1-21(31)28(25-12-6-8-14-27(25)32-2)30-18-17-24(20-30)33-19-9-3-4-11-23-16-15-22-10-5-7-13-26(22)29-23/h6,8,12,14-16,24,28H,3-5,7,9-11,13,17-20H2,1-2H3/t24-,28-/m1/s1. The van der Waals surface area contributed by atoms with Gasteiger partial charge in [0.15, 0.2) is 5.78 Å². The number of para-hydroxylation sites is 1. The molecule has 0 N–H and O–H groups in total. The number of ether oxygens (including phenoxy) is 2. The Kier molecular flexibility index (Phi) is 8.51. The summed E-state index contributed by atoms with van der Waals surface area (Å²) < 4.78 is 11.7. The summed E-state index contributed by atoms with van der Waals surface area (Å²) in [6.45, 7) is 4.12. The second-order valence-corrected chi connectivity index (χ2v) is 9.46. The number of pyridine rings is 1. The minimum absolute atomic E-state index is 0.149. The molecule has 1 aliphatic heterocycles. The lowest BCUT2D eigenvalue weighted by Crippen LogP contribution is -2.32. The Morgan fingerprint density at radius 3 is 2.82 bits per heavy atom. The first kappa shape index (κ1) is 23.9. The lowest BCUT2D eigenvalue weighted by molar-refractivity contribution is -0.122. The SMILES string of the molecule is COc1ccccc1[C@@H](C(C)=O)N1CC[C@@H](OCCCCCc2ccc3c(n2)CCCC3)C1. The third kappa shape index (κ3) is 6.21. The second-order valence-electron chi connectivity index (χ2n) is 9.46. The Morgan fingerprint density at radius 2 is 1.97 bits per heavy atom. The maximum atomic E-state index is 12.5. The zero-order valence-electron chi connectivity index (χ0n) is 20.2. The van der Waals surface area contributed by atoms with E-state index < -0.39 is 0 Å². The largest absolute Gasteiger partial charge is 0.496 e. The monoisotopic (exact) mass is 450 g/mol. The van der Waals surface area contributed by atoms with E-state index in [9.17, 15) is 4.79 Å². The highest BCUT2D eigenvalue weighted by molar-refractivity contribution is 5.83. The highest BCUT2D eigenvalue weighted by Gasteiger charge is 2.33. The Balaban J connectivity index is 1.18. The van der Waals surface area contributed by atoms with Gasteiger partial charge in [0.25, 0.3) is 0 Å². The third-order valence-electron chi connectivity index (χ3n) is 7.03. The zero-order valence-corrected chi connectivity index (χ0v) is 20.2. The van der Waals surface area contributed by atoms with E-state index in [1.165, 1.54) is 36.2 Å². The molecule has 4 rings (SSSR count). The molecule has 1 aromatic carbocycles. The molecule has 0 amide bonds. The van der Waals surface area contributed by atoms with Crippen LogP contribution in [0.2, 0.25) is 0 Å². The van der Waals surface area contributed by atoms with E-state index in [4.69, 9.17) is 14.5 Å². The molecule has 1 aliphatic carbocycles. The fourth-order valence-electron chi connectivity index (χ4n) is 5.29. The van der Waals surface area contributed by atoms with Crippen molar-refractivity contribution in [2.24, 2.45) is 0 Å². The Morgan fingerprint density at radius 1 is 1.12 bits per heavy atom. The van der Waals surface area contributed by atoms with Gasteiger partial charge in [-0.05, 0) is 76.0 Å². The first-order chi connectivity index (χ1) is 16.2. The molecule has 1 saturated heterocycles. The maximum Gasteiger partial charge on any atom is 0.151 e. The van der Waals surface area contributed by atoms with E-state index in [0.29, 0.717) is 0 Å². The van der Waals surface area contributed by atoms with Crippen LogP contribution >= 0.6 is 0 Å². The fraction of sp³-hybridized carbons (Fsp3) is 0.571. The molecule has 1 fully saturated rings. The van der Waals surface area contributed by atoms with Crippen LogP contribution in [0.1, 0.15) is 74.0 Å². The molecule has 178 valence electrons. The van der Waals surface area contributed by atoms with Gasteiger partial charge in [-0.25, -0.2) is 0 Å². The highest BCUT2D eigenvalue weighted by Crippen LogP contribution is 2.33. The van der Waals surface area contributed by atoms with Gasteiger partial charge in [-0.2, -0.15) is 0 Å². The van der Waals surface area contributed by atoms with Crippen molar-refractivity contribution in [3.05, 3.63) is 58.9 Å². The average Bonchev–Trinajstić information content (AvgIpc) is 3.29. The number of Topliss-reactive ketones (excluding diaryl/α,β-unsaturated/α-hetero) is 1. The van der Waals surface area contributed by atoms with Crippen LogP contribution in [-0.4, -0.2) is 48.6 Å². The van der Waals surface area contributed by atoms with Crippen LogP contribution in [0.5, 0.6) is 5.75 Å². The van der Waals surface area contributed by atoms with Crippen LogP contribution in [0.25, 0.3) is 0 Å². The number of benzene rings is 1. The normalized spacial score (nSPS) is 19.3. The quantitative estimate of drug-likeness (QED) is 0.446. The van der Waals surface area contributed by atoms with Crippen LogP contribution in [0, 0.1) is 0 Å². The van der Waals surface area contributed by atoms with Gasteiger partial charge in [-0.3, -0.25) is 14.7 Å². The number of carbonyl (C=O) groups is 1. The summed E-state index contributed by atoms with van der Waals surface area (Å²) in [7, 11) is 1.66. The predicted molar refractivity (Wildman–Crippen MR) is 131 cm³/mol. The van der Waals surface area contributed by atoms with Gasteiger partial charge in [-0.1, -0.05) is 30.7 Å². The third-order valence-corrected chi connectivity index (χ3v) is 7.03. The summed E-state index contributed by atoms with van der Waals surface area (Å²) >= 11 is 0. The molecule has 5 nitrogen and oxygen atoms in total. The van der Waals surface area contributed by atoms with Gasteiger partial charge in [-0.15, -0.1) is 0 Å². The van der Waals surface area contributed by atoms with Crippen molar-refractivity contribution in [3.8, 4) is 5.75 Å². The number of methoxy groups -OCH3 is 1. The number of hydrogen-bond donors (Lipinski definition) is 0. The van der Waals surface area contributed by atoms with E-state index in [1.54, 1.807) is 14.0 Å². The van der Waals surface area contributed by atoms with Crippen molar-refractivity contribution in [2.75, 3.05) is 26.8 Å². The van der Waals surface area contributed by atoms with Gasteiger partial charge < -0.3 is 9.47 Å². The summed E-state index contributed by atoms with van der Waals surface area (Å²) in [4.78, 5) is 19.6. The van der Waals surface area contributed by atoms with Crippen molar-refractivity contribution in [1.82, 2.24) is 9.88 Å². The van der Waals surface area contributed by atoms with E-state index >= 15 is 0 Å². The average molecular weight is 451 g/mol. The Hall–Kier alpha value is -2.24. The lowest BCUT2D eigenvalue weighted by atomic mass is 9.95. The van der Waals surface area contributed by atoms with E-state index in [2.05, 4.69) is 17.0 Å². The van der Waals surface area contributed by atoms with E-state index in [0.717, 1.165) is 69.5 Å². The van der Waals surface area contributed by atoms with Crippen molar-refractivity contribution >= 4 is 5.78 Å². The van der Waals surface area contributed by atoms with Crippen LogP contribution < -0.4 is 4.74 Å². The van der Waals surface area contributed by atoms with Crippen LogP contribution in [0.15, 0.2) is 36.4 Å². The highest BCUT2D eigenvalue weighted by atomic mass is 16.5. The molecular weight excluding hydrogens is 412 g/mol. The molecule has 0 saturated carbocycles. The molecule has 2 aliphatic rings. The molecule has 5 heteroatoms. The van der Waals surface area contributed by atoms with E-state index in [1.807, 2.05) is 24.3 Å². The predicted octanol–water partition coefficient (Wildman–Crippen LogP) is 5.10. The number of likely N-dealkylation sites (tertiary alicyclic amines) is 1. The molecule has 2 atom stereocenters. The van der Waals surface area contributed by atoms with Gasteiger partial charge >= 0.3 is 0 Å². The first-order valence-corrected chi connectivity index (χ1v) is 12.6. The summed E-state index contributed by atoms with van der Waals surface area (Å²) in [5.74, 6) is 0.923. The Labute approximate surface area is 198 Å². The molecule has 2 aromatic rings. The molecular formula is C28H38N2O3. The zero-order chi connectivity index (χ0) is 23.0. The minimum Gasteiger partial charge on any atom is -0.496 e. The number of nitrogens with zero attached hydrogens (tertiary/aromatic N) is 2. The molecule has 0 spiro atoms. The first-order valence-electron chi connectivity index (χ1n) is 12.6. The smallest absolute Gasteiger partial charge is 0.151 e. The maximum absolute atomic E-state index is 12.5. The second kappa shape index (κ2) is 11.8. The number of unbranched alkanes of at least 4 members (excludes halogenated alkanes) is 2. The summed E-state index contributed by atoms with van der Waals surface area (Å²) in [6.07, 6.45) is 10.6. The summed E-state index contributed by atoms with van der Waals surface area (Å²) in [5, 5.41) is 0. The number of carbonyl (C=O) groups excluding carboxylic acids is 1. The van der Waals surface area contributed by atoms with Crippen molar-refractivity contribution in [1.29, 1.82) is 0 Å². The van der Waals surface area contributed by atoms with Crippen LogP contribution in [0.3, 0.4) is 0 Å².